The van der Waals surface area contributed by atoms with E-state index in [4.69, 9.17) is 0 Å². The Bertz CT molecular complexity index is 957. The summed E-state index contributed by atoms with van der Waals surface area (Å²) in [4.78, 5) is 39.2. The lowest BCUT2D eigenvalue weighted by Crippen LogP contribution is -2.33. The van der Waals surface area contributed by atoms with Crippen LogP contribution in [0.2, 0.25) is 0 Å². The fourth-order valence-corrected chi connectivity index (χ4v) is 3.90. The molecule has 0 radical (unpaired) electrons. The first-order valence-electron chi connectivity index (χ1n) is 11.0. The van der Waals surface area contributed by atoms with E-state index in [1.807, 2.05) is 31.2 Å². The summed E-state index contributed by atoms with van der Waals surface area (Å²) in [5, 5.41) is 5.70. The Morgan fingerprint density at radius 1 is 1.10 bits per heavy atom. The second kappa shape index (κ2) is 10.2. The van der Waals surface area contributed by atoms with Crippen LogP contribution in [0.3, 0.4) is 0 Å². The predicted octanol–water partition coefficient (Wildman–Crippen LogP) is 3.62. The van der Waals surface area contributed by atoms with Crippen molar-refractivity contribution < 1.29 is 14.4 Å². The van der Waals surface area contributed by atoms with E-state index in [0.717, 1.165) is 23.2 Å². The fourth-order valence-electron chi connectivity index (χ4n) is 3.90. The third kappa shape index (κ3) is 5.32. The summed E-state index contributed by atoms with van der Waals surface area (Å²) in [7, 11) is 0. The van der Waals surface area contributed by atoms with Crippen LogP contribution in [0.15, 0.2) is 48.5 Å². The van der Waals surface area contributed by atoms with Gasteiger partial charge in [0.05, 0.1) is 5.92 Å². The number of carbonyl (C=O) groups is 3. The topological polar surface area (TPSA) is 78.5 Å². The zero-order valence-corrected chi connectivity index (χ0v) is 18.5. The molecule has 1 fully saturated rings. The molecule has 2 atom stereocenters. The van der Waals surface area contributed by atoms with Crippen LogP contribution in [0.1, 0.15) is 61.0 Å². The minimum Gasteiger partial charge on any atom is -0.352 e. The summed E-state index contributed by atoms with van der Waals surface area (Å²) in [6.45, 7) is 7.42. The molecule has 31 heavy (non-hydrogen) atoms. The highest BCUT2D eigenvalue weighted by Gasteiger charge is 2.36. The van der Waals surface area contributed by atoms with Crippen molar-refractivity contribution in [1.82, 2.24) is 10.6 Å². The zero-order valence-electron chi connectivity index (χ0n) is 18.5. The van der Waals surface area contributed by atoms with Crippen LogP contribution in [0.4, 0.5) is 5.69 Å². The third-order valence-corrected chi connectivity index (χ3v) is 5.86. The molecule has 6 heteroatoms. The first kappa shape index (κ1) is 22.5. The summed E-state index contributed by atoms with van der Waals surface area (Å²) in [6, 6.07) is 15.2. The van der Waals surface area contributed by atoms with E-state index in [-0.39, 0.29) is 30.1 Å². The van der Waals surface area contributed by atoms with E-state index in [2.05, 4.69) is 30.5 Å². The van der Waals surface area contributed by atoms with Gasteiger partial charge < -0.3 is 15.5 Å². The van der Waals surface area contributed by atoms with Gasteiger partial charge in [-0.2, -0.15) is 0 Å². The Morgan fingerprint density at radius 2 is 1.87 bits per heavy atom. The number of amides is 3. The second-order valence-corrected chi connectivity index (χ2v) is 8.05. The van der Waals surface area contributed by atoms with E-state index >= 15 is 0 Å². The molecular formula is C25H31N3O3. The van der Waals surface area contributed by atoms with Gasteiger partial charge in [0.15, 0.2) is 0 Å². The highest BCUT2D eigenvalue weighted by molar-refractivity contribution is 6.01. The van der Waals surface area contributed by atoms with Crippen molar-refractivity contribution in [2.24, 2.45) is 5.92 Å². The van der Waals surface area contributed by atoms with Crippen molar-refractivity contribution in [3.8, 4) is 0 Å². The van der Waals surface area contributed by atoms with Crippen LogP contribution in [0.25, 0.3) is 0 Å². The first-order valence-corrected chi connectivity index (χ1v) is 11.0. The molecule has 0 aromatic heterocycles. The van der Waals surface area contributed by atoms with Crippen molar-refractivity contribution in [3.63, 3.8) is 0 Å². The van der Waals surface area contributed by atoms with Crippen LogP contribution in [0, 0.1) is 5.92 Å². The predicted molar refractivity (Wildman–Crippen MR) is 122 cm³/mol. The molecule has 0 spiro atoms. The standard InChI is InChI=1S/C25H31N3O3/c1-4-17(3)21-11-6-7-12-22(21)28-16-20(14-23(28)29)25(31)27-15-18-9-8-10-19(13-18)24(30)26-5-2/h6-13,17,20H,4-5,14-16H2,1-3H3,(H,26,30)(H,27,31). The van der Waals surface area contributed by atoms with Gasteiger partial charge in [-0.1, -0.05) is 44.2 Å². The SMILES string of the molecule is CCNC(=O)c1cccc(CNC(=O)C2CC(=O)N(c3ccccc3C(C)CC)C2)c1. The van der Waals surface area contributed by atoms with E-state index in [1.165, 1.54) is 0 Å². The zero-order chi connectivity index (χ0) is 22.4. The summed E-state index contributed by atoms with van der Waals surface area (Å²) in [6.07, 6.45) is 1.19. The number of hydrogen-bond donors (Lipinski definition) is 2. The van der Waals surface area contributed by atoms with E-state index in [0.29, 0.717) is 31.1 Å². The normalized spacial score (nSPS) is 16.8. The average Bonchev–Trinajstić information content (AvgIpc) is 3.18. The maximum absolute atomic E-state index is 12.8. The molecule has 1 heterocycles. The molecule has 3 amide bonds. The Labute approximate surface area is 184 Å². The number of para-hydroxylation sites is 1. The van der Waals surface area contributed by atoms with Gasteiger partial charge in [0.2, 0.25) is 11.8 Å². The van der Waals surface area contributed by atoms with Crippen LogP contribution >= 0.6 is 0 Å². The van der Waals surface area contributed by atoms with Gasteiger partial charge in [-0.15, -0.1) is 0 Å². The van der Waals surface area contributed by atoms with Crippen molar-refractivity contribution in [3.05, 3.63) is 65.2 Å². The molecule has 2 aromatic rings. The minimum atomic E-state index is -0.385. The quantitative estimate of drug-likeness (QED) is 0.683. The largest absolute Gasteiger partial charge is 0.352 e. The van der Waals surface area contributed by atoms with E-state index in [1.54, 1.807) is 23.1 Å². The van der Waals surface area contributed by atoms with Crippen molar-refractivity contribution in [2.45, 2.75) is 46.1 Å². The Kier molecular flexibility index (Phi) is 7.45. The van der Waals surface area contributed by atoms with Crippen molar-refractivity contribution >= 4 is 23.4 Å². The molecule has 0 bridgehead atoms. The molecule has 0 saturated carbocycles. The fraction of sp³-hybridized carbons (Fsp3) is 0.400. The minimum absolute atomic E-state index is 0.0193. The molecule has 2 unspecified atom stereocenters. The lowest BCUT2D eigenvalue weighted by atomic mass is 9.96. The van der Waals surface area contributed by atoms with Gasteiger partial charge >= 0.3 is 0 Å². The van der Waals surface area contributed by atoms with E-state index in [9.17, 15) is 14.4 Å². The van der Waals surface area contributed by atoms with E-state index < -0.39 is 0 Å². The molecule has 2 aromatic carbocycles. The van der Waals surface area contributed by atoms with Gasteiger partial charge in [-0.25, -0.2) is 0 Å². The molecule has 6 nitrogen and oxygen atoms in total. The summed E-state index contributed by atoms with van der Waals surface area (Å²) in [5.74, 6) is -0.333. The molecule has 3 rings (SSSR count). The van der Waals surface area contributed by atoms with Gasteiger partial charge in [0.1, 0.15) is 0 Å². The number of carbonyl (C=O) groups excluding carboxylic acids is 3. The number of nitrogens with one attached hydrogen (secondary N) is 2. The van der Waals surface area contributed by atoms with Crippen LogP contribution in [-0.4, -0.2) is 30.8 Å². The molecule has 2 N–H and O–H groups in total. The van der Waals surface area contributed by atoms with Gasteiger partial charge in [0, 0.05) is 37.3 Å². The molecule has 0 aliphatic carbocycles. The lowest BCUT2D eigenvalue weighted by molar-refractivity contribution is -0.126. The van der Waals surface area contributed by atoms with Crippen molar-refractivity contribution in [2.75, 3.05) is 18.0 Å². The second-order valence-electron chi connectivity index (χ2n) is 8.05. The monoisotopic (exact) mass is 421 g/mol. The first-order chi connectivity index (χ1) is 14.9. The summed E-state index contributed by atoms with van der Waals surface area (Å²) in [5.41, 5.74) is 3.46. The highest BCUT2D eigenvalue weighted by Crippen LogP contribution is 2.33. The van der Waals surface area contributed by atoms with Gasteiger partial charge in [0.25, 0.3) is 5.91 Å². The van der Waals surface area contributed by atoms with Gasteiger partial charge in [-0.05, 0) is 48.6 Å². The lowest BCUT2D eigenvalue weighted by Gasteiger charge is -2.23. The highest BCUT2D eigenvalue weighted by atomic mass is 16.2. The maximum Gasteiger partial charge on any atom is 0.251 e. The van der Waals surface area contributed by atoms with Gasteiger partial charge in [-0.3, -0.25) is 14.4 Å². The number of benzene rings is 2. The number of nitrogens with zero attached hydrogens (tertiary/aromatic N) is 1. The summed E-state index contributed by atoms with van der Waals surface area (Å²) >= 11 is 0. The smallest absolute Gasteiger partial charge is 0.251 e. The van der Waals surface area contributed by atoms with Crippen LogP contribution in [-0.2, 0) is 16.1 Å². The Morgan fingerprint density at radius 3 is 2.61 bits per heavy atom. The number of rotatable bonds is 8. The number of anilines is 1. The molecule has 1 aliphatic rings. The molecule has 164 valence electrons. The van der Waals surface area contributed by atoms with Crippen molar-refractivity contribution in [1.29, 1.82) is 0 Å². The number of hydrogen-bond acceptors (Lipinski definition) is 3. The summed E-state index contributed by atoms with van der Waals surface area (Å²) < 4.78 is 0. The Hall–Kier alpha value is -3.15. The van der Waals surface area contributed by atoms with Crippen LogP contribution < -0.4 is 15.5 Å². The molecular weight excluding hydrogens is 390 g/mol. The molecule has 1 saturated heterocycles. The third-order valence-electron chi connectivity index (χ3n) is 5.86. The Balaban J connectivity index is 1.64. The maximum atomic E-state index is 12.8. The molecule has 1 aliphatic heterocycles. The average molecular weight is 422 g/mol. The van der Waals surface area contributed by atoms with Crippen LogP contribution in [0.5, 0.6) is 0 Å².